The number of aromatic nitrogens is 1. The second-order valence-electron chi connectivity index (χ2n) is 4.40. The monoisotopic (exact) mass is 274 g/mol. The fraction of sp³-hybridized carbons (Fsp3) is 0.200. The number of anilines is 1. The Bertz CT molecular complexity index is 567. The molecule has 1 heterocycles. The lowest BCUT2D eigenvalue weighted by Gasteiger charge is -2.05. The minimum atomic E-state index is -0.0451. The van der Waals surface area contributed by atoms with Crippen LogP contribution in [0.4, 0.5) is 5.82 Å². The largest absolute Gasteiger partial charge is 0.311 e. The molecular formula is C15H15ClN2O. The van der Waals surface area contributed by atoms with Crippen LogP contribution >= 0.6 is 11.6 Å². The van der Waals surface area contributed by atoms with Crippen LogP contribution < -0.4 is 5.32 Å². The maximum absolute atomic E-state index is 11.8. The Hall–Kier alpha value is -1.87. The predicted molar refractivity (Wildman–Crippen MR) is 77.4 cm³/mol. The number of aryl methyl sites for hydroxylation is 2. The van der Waals surface area contributed by atoms with Gasteiger partial charge in [0.2, 0.25) is 5.91 Å². The molecule has 0 radical (unpaired) electrons. The van der Waals surface area contributed by atoms with Gasteiger partial charge in [-0.15, -0.1) is 0 Å². The van der Waals surface area contributed by atoms with Crippen molar-refractivity contribution in [3.63, 3.8) is 0 Å². The van der Waals surface area contributed by atoms with Crippen LogP contribution in [0, 0.1) is 6.92 Å². The standard InChI is InChI=1S/C15H15ClN2O/c1-11-3-2-4-12(9-11)5-8-15(19)18-14-7-6-13(16)10-17-14/h2-4,6-7,9-10H,5,8H2,1H3,(H,17,18,19). The molecule has 0 aliphatic carbocycles. The van der Waals surface area contributed by atoms with Gasteiger partial charge in [0, 0.05) is 12.6 Å². The van der Waals surface area contributed by atoms with Crippen molar-refractivity contribution in [1.29, 1.82) is 0 Å². The van der Waals surface area contributed by atoms with Gasteiger partial charge in [-0.3, -0.25) is 4.79 Å². The fourth-order valence-corrected chi connectivity index (χ4v) is 1.89. The molecule has 0 aliphatic heterocycles. The lowest BCUT2D eigenvalue weighted by molar-refractivity contribution is -0.116. The lowest BCUT2D eigenvalue weighted by atomic mass is 10.1. The molecule has 1 N–H and O–H groups in total. The van der Waals surface area contributed by atoms with E-state index in [0.29, 0.717) is 17.3 Å². The normalized spacial score (nSPS) is 10.2. The number of hydrogen-bond donors (Lipinski definition) is 1. The molecule has 2 rings (SSSR count). The number of hydrogen-bond acceptors (Lipinski definition) is 2. The van der Waals surface area contributed by atoms with Crippen LogP contribution in [-0.4, -0.2) is 10.9 Å². The summed E-state index contributed by atoms with van der Waals surface area (Å²) in [5.41, 5.74) is 2.37. The lowest BCUT2D eigenvalue weighted by Crippen LogP contribution is -2.13. The first-order chi connectivity index (χ1) is 9.13. The zero-order valence-electron chi connectivity index (χ0n) is 10.7. The van der Waals surface area contributed by atoms with Crippen molar-refractivity contribution in [2.24, 2.45) is 0 Å². The van der Waals surface area contributed by atoms with E-state index in [2.05, 4.69) is 16.4 Å². The molecule has 0 bridgehead atoms. The van der Waals surface area contributed by atoms with E-state index in [1.807, 2.05) is 25.1 Å². The van der Waals surface area contributed by atoms with Crippen LogP contribution in [-0.2, 0) is 11.2 Å². The molecule has 0 fully saturated rings. The predicted octanol–water partition coefficient (Wildman–Crippen LogP) is 3.61. The van der Waals surface area contributed by atoms with E-state index >= 15 is 0 Å². The molecule has 2 aromatic rings. The SMILES string of the molecule is Cc1cccc(CCC(=O)Nc2ccc(Cl)cn2)c1. The van der Waals surface area contributed by atoms with Crippen molar-refractivity contribution in [2.45, 2.75) is 19.8 Å². The second kappa shape index (κ2) is 6.34. The Balaban J connectivity index is 1.86. The highest BCUT2D eigenvalue weighted by Crippen LogP contribution is 2.11. The fourth-order valence-electron chi connectivity index (χ4n) is 1.78. The molecule has 1 aromatic heterocycles. The van der Waals surface area contributed by atoms with Crippen molar-refractivity contribution in [3.05, 3.63) is 58.7 Å². The summed E-state index contributed by atoms with van der Waals surface area (Å²) in [5.74, 6) is 0.481. The third-order valence-electron chi connectivity index (χ3n) is 2.72. The second-order valence-corrected chi connectivity index (χ2v) is 4.84. The highest BCUT2D eigenvalue weighted by atomic mass is 35.5. The Labute approximate surface area is 117 Å². The van der Waals surface area contributed by atoms with Crippen molar-refractivity contribution in [2.75, 3.05) is 5.32 Å². The summed E-state index contributed by atoms with van der Waals surface area (Å²) in [7, 11) is 0. The third-order valence-corrected chi connectivity index (χ3v) is 2.94. The van der Waals surface area contributed by atoms with E-state index in [-0.39, 0.29) is 5.91 Å². The molecule has 0 saturated heterocycles. The molecule has 1 amide bonds. The highest BCUT2D eigenvalue weighted by molar-refractivity contribution is 6.30. The van der Waals surface area contributed by atoms with Gasteiger partial charge >= 0.3 is 0 Å². The zero-order valence-corrected chi connectivity index (χ0v) is 11.4. The molecule has 0 atom stereocenters. The summed E-state index contributed by atoms with van der Waals surface area (Å²) in [4.78, 5) is 15.8. The van der Waals surface area contributed by atoms with Crippen molar-refractivity contribution in [1.82, 2.24) is 4.98 Å². The first-order valence-corrected chi connectivity index (χ1v) is 6.48. The van der Waals surface area contributed by atoms with Gasteiger partial charge in [-0.2, -0.15) is 0 Å². The Morgan fingerprint density at radius 1 is 1.32 bits per heavy atom. The quantitative estimate of drug-likeness (QED) is 0.925. The number of carbonyl (C=O) groups excluding carboxylic acids is 1. The minimum Gasteiger partial charge on any atom is -0.311 e. The van der Waals surface area contributed by atoms with Gasteiger partial charge in [0.05, 0.1) is 5.02 Å². The molecular weight excluding hydrogens is 260 g/mol. The number of nitrogens with zero attached hydrogens (tertiary/aromatic N) is 1. The molecule has 0 saturated carbocycles. The average Bonchev–Trinajstić information content (AvgIpc) is 2.39. The van der Waals surface area contributed by atoms with E-state index in [1.54, 1.807) is 12.1 Å². The molecule has 3 nitrogen and oxygen atoms in total. The summed E-state index contributed by atoms with van der Waals surface area (Å²) in [6.07, 6.45) is 2.67. The van der Waals surface area contributed by atoms with Gasteiger partial charge in [-0.05, 0) is 31.0 Å². The van der Waals surface area contributed by atoms with Gasteiger partial charge in [-0.1, -0.05) is 41.4 Å². The zero-order chi connectivity index (χ0) is 13.7. The molecule has 19 heavy (non-hydrogen) atoms. The Kier molecular flexibility index (Phi) is 4.53. The van der Waals surface area contributed by atoms with Crippen molar-refractivity contribution >= 4 is 23.3 Å². The number of carbonyl (C=O) groups is 1. The van der Waals surface area contributed by atoms with Crippen LogP contribution in [0.25, 0.3) is 0 Å². The summed E-state index contributed by atoms with van der Waals surface area (Å²) < 4.78 is 0. The first-order valence-electron chi connectivity index (χ1n) is 6.10. The Morgan fingerprint density at radius 2 is 2.16 bits per heavy atom. The van der Waals surface area contributed by atoms with Gasteiger partial charge in [0.25, 0.3) is 0 Å². The number of nitrogens with one attached hydrogen (secondary N) is 1. The molecule has 1 aromatic carbocycles. The summed E-state index contributed by atoms with van der Waals surface area (Å²) in [6.45, 7) is 2.04. The van der Waals surface area contributed by atoms with E-state index in [1.165, 1.54) is 17.3 Å². The van der Waals surface area contributed by atoms with Crippen LogP contribution in [0.2, 0.25) is 5.02 Å². The van der Waals surface area contributed by atoms with Gasteiger partial charge in [0.1, 0.15) is 5.82 Å². The van der Waals surface area contributed by atoms with E-state index in [9.17, 15) is 4.79 Å². The topological polar surface area (TPSA) is 42.0 Å². The van der Waals surface area contributed by atoms with E-state index in [4.69, 9.17) is 11.6 Å². The average molecular weight is 275 g/mol. The van der Waals surface area contributed by atoms with Crippen molar-refractivity contribution < 1.29 is 4.79 Å². The number of benzene rings is 1. The molecule has 0 unspecified atom stereocenters. The Morgan fingerprint density at radius 3 is 2.84 bits per heavy atom. The third kappa shape index (κ3) is 4.38. The highest BCUT2D eigenvalue weighted by Gasteiger charge is 2.04. The first kappa shape index (κ1) is 13.6. The van der Waals surface area contributed by atoms with Gasteiger partial charge < -0.3 is 5.32 Å². The molecule has 98 valence electrons. The van der Waals surface area contributed by atoms with E-state index in [0.717, 1.165) is 6.42 Å². The maximum Gasteiger partial charge on any atom is 0.225 e. The van der Waals surface area contributed by atoms with Crippen LogP contribution in [0.15, 0.2) is 42.6 Å². The molecule has 4 heteroatoms. The van der Waals surface area contributed by atoms with Gasteiger partial charge in [-0.25, -0.2) is 4.98 Å². The smallest absolute Gasteiger partial charge is 0.225 e. The molecule has 0 spiro atoms. The minimum absolute atomic E-state index is 0.0451. The van der Waals surface area contributed by atoms with E-state index < -0.39 is 0 Å². The van der Waals surface area contributed by atoms with Gasteiger partial charge in [0.15, 0.2) is 0 Å². The summed E-state index contributed by atoms with van der Waals surface area (Å²) in [5, 5.41) is 3.30. The van der Waals surface area contributed by atoms with Crippen LogP contribution in [0.3, 0.4) is 0 Å². The summed E-state index contributed by atoms with van der Waals surface area (Å²) in [6, 6.07) is 11.6. The van der Waals surface area contributed by atoms with Crippen LogP contribution in [0.1, 0.15) is 17.5 Å². The number of rotatable bonds is 4. The number of amides is 1. The van der Waals surface area contributed by atoms with Crippen molar-refractivity contribution in [3.8, 4) is 0 Å². The van der Waals surface area contributed by atoms with Crippen LogP contribution in [0.5, 0.6) is 0 Å². The summed E-state index contributed by atoms with van der Waals surface area (Å²) >= 11 is 5.73. The number of halogens is 1. The molecule has 0 aliphatic rings. The maximum atomic E-state index is 11.8. The number of pyridine rings is 1.